The predicted molar refractivity (Wildman–Crippen MR) is 58.5 cm³/mol. The fraction of sp³-hybridized carbons (Fsp3) is 0.400. The van der Waals surface area contributed by atoms with E-state index in [1.165, 1.54) is 13.2 Å². The van der Waals surface area contributed by atoms with Crippen LogP contribution in [0.1, 0.15) is 5.56 Å². The van der Waals surface area contributed by atoms with Gasteiger partial charge in [-0.25, -0.2) is 4.39 Å². The van der Waals surface area contributed by atoms with Crippen LogP contribution in [0.3, 0.4) is 0 Å². The van der Waals surface area contributed by atoms with Crippen LogP contribution in [-0.2, 0) is 6.42 Å². The molecule has 0 bridgehead atoms. The molecule has 78 valence electrons. The van der Waals surface area contributed by atoms with Crippen LogP contribution >= 0.6 is 12.6 Å². The average Bonchev–Trinajstić information content (AvgIpc) is 2.18. The molecule has 1 rings (SSSR count). The SMILES string of the molecule is COc1ccc(CCNCS)cc1F. The summed E-state index contributed by atoms with van der Waals surface area (Å²) < 4.78 is 18.0. The maximum Gasteiger partial charge on any atom is 0.165 e. The summed E-state index contributed by atoms with van der Waals surface area (Å²) in [5.41, 5.74) is 0.956. The minimum atomic E-state index is -0.309. The second kappa shape index (κ2) is 5.88. The third kappa shape index (κ3) is 3.20. The molecule has 0 aliphatic heterocycles. The van der Waals surface area contributed by atoms with Gasteiger partial charge in [-0.1, -0.05) is 6.07 Å². The van der Waals surface area contributed by atoms with E-state index in [1.54, 1.807) is 6.07 Å². The average molecular weight is 215 g/mol. The summed E-state index contributed by atoms with van der Waals surface area (Å²) in [5, 5.41) is 3.06. The smallest absolute Gasteiger partial charge is 0.165 e. The minimum Gasteiger partial charge on any atom is -0.494 e. The monoisotopic (exact) mass is 215 g/mol. The van der Waals surface area contributed by atoms with Gasteiger partial charge in [0.2, 0.25) is 0 Å². The number of hydrogen-bond acceptors (Lipinski definition) is 3. The highest BCUT2D eigenvalue weighted by molar-refractivity contribution is 7.80. The van der Waals surface area contributed by atoms with Crippen molar-refractivity contribution in [2.75, 3.05) is 19.5 Å². The molecule has 4 heteroatoms. The van der Waals surface area contributed by atoms with Crippen molar-refractivity contribution in [3.63, 3.8) is 0 Å². The van der Waals surface area contributed by atoms with Crippen LogP contribution in [0.4, 0.5) is 4.39 Å². The van der Waals surface area contributed by atoms with Crippen molar-refractivity contribution >= 4 is 12.6 Å². The zero-order valence-corrected chi connectivity index (χ0v) is 8.98. The molecular weight excluding hydrogens is 201 g/mol. The summed E-state index contributed by atoms with van der Waals surface area (Å²) in [6.45, 7) is 0.801. The highest BCUT2D eigenvalue weighted by Crippen LogP contribution is 2.17. The van der Waals surface area contributed by atoms with Gasteiger partial charge in [0.15, 0.2) is 11.6 Å². The molecule has 1 N–H and O–H groups in total. The lowest BCUT2D eigenvalue weighted by Gasteiger charge is -2.05. The molecule has 1 aromatic carbocycles. The molecule has 0 saturated carbocycles. The van der Waals surface area contributed by atoms with Gasteiger partial charge in [-0.2, -0.15) is 12.6 Å². The normalized spacial score (nSPS) is 10.2. The Morgan fingerprint density at radius 1 is 1.50 bits per heavy atom. The molecule has 0 aromatic heterocycles. The topological polar surface area (TPSA) is 21.3 Å². The zero-order chi connectivity index (χ0) is 10.4. The Bertz CT molecular complexity index is 293. The van der Waals surface area contributed by atoms with E-state index < -0.39 is 0 Å². The molecule has 14 heavy (non-hydrogen) atoms. The summed E-state index contributed by atoms with van der Waals surface area (Å²) in [6, 6.07) is 5.01. The third-order valence-corrected chi connectivity index (χ3v) is 2.14. The summed E-state index contributed by atoms with van der Waals surface area (Å²) >= 11 is 4.01. The lowest BCUT2D eigenvalue weighted by atomic mass is 10.1. The highest BCUT2D eigenvalue weighted by Gasteiger charge is 2.02. The molecule has 1 aromatic rings. The number of ether oxygens (including phenoxy) is 1. The van der Waals surface area contributed by atoms with E-state index in [4.69, 9.17) is 4.74 Å². The number of rotatable bonds is 5. The van der Waals surface area contributed by atoms with E-state index in [0.717, 1.165) is 18.5 Å². The summed E-state index contributed by atoms with van der Waals surface area (Å²) in [6.07, 6.45) is 0.793. The van der Waals surface area contributed by atoms with Gasteiger partial charge in [0.1, 0.15) is 0 Å². The molecular formula is C10H14FNOS. The standard InChI is InChI=1S/C10H14FNOS/c1-13-10-3-2-8(6-9(10)11)4-5-12-7-14/h2-3,6,12,14H,4-5,7H2,1H3. The predicted octanol–water partition coefficient (Wildman–Crippen LogP) is 1.85. The van der Waals surface area contributed by atoms with Crippen LogP contribution in [0.25, 0.3) is 0 Å². The van der Waals surface area contributed by atoms with Crippen molar-refractivity contribution < 1.29 is 9.13 Å². The third-order valence-electron chi connectivity index (χ3n) is 1.92. The Balaban J connectivity index is 2.57. The Kier molecular flexibility index (Phi) is 4.76. The largest absolute Gasteiger partial charge is 0.494 e. The molecule has 0 amide bonds. The minimum absolute atomic E-state index is 0.288. The van der Waals surface area contributed by atoms with E-state index >= 15 is 0 Å². The van der Waals surface area contributed by atoms with Crippen LogP contribution < -0.4 is 10.1 Å². The maximum absolute atomic E-state index is 13.2. The van der Waals surface area contributed by atoms with Crippen molar-refractivity contribution in [1.29, 1.82) is 0 Å². The fourth-order valence-electron chi connectivity index (χ4n) is 1.18. The first-order valence-corrected chi connectivity index (χ1v) is 5.05. The summed E-state index contributed by atoms with van der Waals surface area (Å²) in [4.78, 5) is 0. The van der Waals surface area contributed by atoms with E-state index in [1.807, 2.05) is 6.07 Å². The van der Waals surface area contributed by atoms with Crippen LogP contribution in [0.15, 0.2) is 18.2 Å². The van der Waals surface area contributed by atoms with Crippen LogP contribution in [0.2, 0.25) is 0 Å². The van der Waals surface area contributed by atoms with E-state index in [0.29, 0.717) is 5.88 Å². The van der Waals surface area contributed by atoms with Crippen molar-refractivity contribution in [3.05, 3.63) is 29.6 Å². The summed E-state index contributed by atoms with van der Waals surface area (Å²) in [7, 11) is 1.46. The van der Waals surface area contributed by atoms with Crippen LogP contribution in [0.5, 0.6) is 5.75 Å². The van der Waals surface area contributed by atoms with Gasteiger partial charge in [-0.3, -0.25) is 0 Å². The van der Waals surface area contributed by atoms with Crippen molar-refractivity contribution in [2.45, 2.75) is 6.42 Å². The molecule has 0 atom stereocenters. The quantitative estimate of drug-likeness (QED) is 0.444. The second-order valence-corrected chi connectivity index (χ2v) is 3.19. The van der Waals surface area contributed by atoms with Crippen LogP contribution in [0, 0.1) is 5.82 Å². The second-order valence-electron chi connectivity index (χ2n) is 2.88. The Labute approximate surface area is 88.9 Å². The lowest BCUT2D eigenvalue weighted by molar-refractivity contribution is 0.386. The summed E-state index contributed by atoms with van der Waals surface area (Å²) in [5.74, 6) is 0.616. The number of hydrogen-bond donors (Lipinski definition) is 2. The van der Waals surface area contributed by atoms with Crippen LogP contribution in [-0.4, -0.2) is 19.5 Å². The van der Waals surface area contributed by atoms with Gasteiger partial charge in [-0.15, -0.1) is 0 Å². The molecule has 2 nitrogen and oxygen atoms in total. The molecule has 0 saturated heterocycles. The molecule has 0 unspecified atom stereocenters. The molecule has 0 spiro atoms. The zero-order valence-electron chi connectivity index (χ0n) is 8.09. The Morgan fingerprint density at radius 3 is 2.86 bits per heavy atom. The molecule has 0 heterocycles. The van der Waals surface area contributed by atoms with E-state index in [-0.39, 0.29) is 11.6 Å². The first-order valence-electron chi connectivity index (χ1n) is 4.42. The highest BCUT2D eigenvalue weighted by atomic mass is 32.1. The van der Waals surface area contributed by atoms with E-state index in [2.05, 4.69) is 17.9 Å². The van der Waals surface area contributed by atoms with E-state index in [9.17, 15) is 4.39 Å². The Hall–Kier alpha value is -0.740. The van der Waals surface area contributed by atoms with Gasteiger partial charge < -0.3 is 10.1 Å². The van der Waals surface area contributed by atoms with Crippen molar-refractivity contribution in [1.82, 2.24) is 5.32 Å². The fourth-order valence-corrected chi connectivity index (χ4v) is 1.34. The van der Waals surface area contributed by atoms with Crippen molar-refractivity contribution in [3.8, 4) is 5.75 Å². The number of thiol groups is 1. The van der Waals surface area contributed by atoms with Gasteiger partial charge in [0.25, 0.3) is 0 Å². The number of halogens is 1. The first-order chi connectivity index (χ1) is 6.77. The number of methoxy groups -OCH3 is 1. The number of benzene rings is 1. The van der Waals surface area contributed by atoms with Gasteiger partial charge in [0, 0.05) is 5.88 Å². The van der Waals surface area contributed by atoms with Gasteiger partial charge in [-0.05, 0) is 30.7 Å². The first kappa shape index (κ1) is 11.3. The van der Waals surface area contributed by atoms with Crippen molar-refractivity contribution in [2.24, 2.45) is 0 Å². The van der Waals surface area contributed by atoms with Gasteiger partial charge >= 0.3 is 0 Å². The lowest BCUT2D eigenvalue weighted by Crippen LogP contribution is -2.14. The van der Waals surface area contributed by atoms with Gasteiger partial charge in [0.05, 0.1) is 7.11 Å². The molecule has 0 fully saturated rings. The molecule has 0 aliphatic rings. The number of nitrogens with one attached hydrogen (secondary N) is 1. The molecule has 0 radical (unpaired) electrons. The maximum atomic E-state index is 13.2. The molecule has 0 aliphatic carbocycles. The Morgan fingerprint density at radius 2 is 2.29 bits per heavy atom.